The lowest BCUT2D eigenvalue weighted by molar-refractivity contribution is -0.858. The van der Waals surface area contributed by atoms with E-state index in [0.717, 1.165) is 11.0 Å². The Balaban J connectivity index is 2.11. The predicted octanol–water partition coefficient (Wildman–Crippen LogP) is 1.22. The van der Waals surface area contributed by atoms with Crippen LogP contribution in [0.5, 0.6) is 11.5 Å². The molecule has 1 atom stereocenters. The van der Waals surface area contributed by atoms with Crippen LogP contribution < -0.4 is 19.5 Å². The van der Waals surface area contributed by atoms with Gasteiger partial charge in [0.1, 0.15) is 0 Å². The molecule has 1 aliphatic heterocycles. The first-order valence-electron chi connectivity index (χ1n) is 10.3. The van der Waals surface area contributed by atoms with Gasteiger partial charge in [-0.15, -0.1) is 0 Å². The summed E-state index contributed by atoms with van der Waals surface area (Å²) in [4.78, 5) is 28.7. The highest BCUT2D eigenvalue weighted by atomic mass is 79.9. The van der Waals surface area contributed by atoms with Gasteiger partial charge in [-0.05, 0) is 35.4 Å². The number of ketones is 1. The number of carbonyl (C=O) groups is 2. The minimum absolute atomic E-state index is 0.0401. The summed E-state index contributed by atoms with van der Waals surface area (Å²) in [6.07, 6.45) is 0.714. The van der Waals surface area contributed by atoms with Gasteiger partial charge in [-0.3, -0.25) is 9.59 Å². The summed E-state index contributed by atoms with van der Waals surface area (Å²) < 4.78 is 11.4. The molecule has 0 spiro atoms. The Hall–Kier alpha value is -2.84. The van der Waals surface area contributed by atoms with Gasteiger partial charge in [-0.1, -0.05) is 39.9 Å². The Morgan fingerprint density at radius 1 is 1.06 bits per heavy atom. The van der Waals surface area contributed by atoms with Crippen molar-refractivity contribution in [2.45, 2.75) is 12.5 Å². The summed E-state index contributed by atoms with van der Waals surface area (Å²) in [5, 5.41) is 13.5. The summed E-state index contributed by atoms with van der Waals surface area (Å²) in [5.74, 6) is -1.04. The van der Waals surface area contributed by atoms with E-state index in [1.807, 2.05) is 38.4 Å². The zero-order valence-corrected chi connectivity index (χ0v) is 20.2. The molecule has 1 saturated heterocycles. The number of Topliss-reactive ketones (excluding diaryl/α,β-unsaturated/α-hetero) is 1. The van der Waals surface area contributed by atoms with Crippen LogP contribution in [0.4, 0.5) is 0 Å². The lowest BCUT2D eigenvalue weighted by Gasteiger charge is -2.28. The molecule has 0 bridgehead atoms. The predicted molar refractivity (Wildman–Crippen MR) is 122 cm³/mol. The van der Waals surface area contributed by atoms with Gasteiger partial charge in [-0.2, -0.15) is 0 Å². The number of halogens is 1. The summed E-state index contributed by atoms with van der Waals surface area (Å²) >= 11 is 3.41. The highest BCUT2D eigenvalue weighted by molar-refractivity contribution is 9.10. The van der Waals surface area contributed by atoms with Crippen LogP contribution in [-0.4, -0.2) is 58.0 Å². The van der Waals surface area contributed by atoms with Crippen LogP contribution in [0, 0.1) is 0 Å². The van der Waals surface area contributed by atoms with Gasteiger partial charge in [-0.25, -0.2) is 0 Å². The van der Waals surface area contributed by atoms with E-state index in [0.29, 0.717) is 30.0 Å². The Morgan fingerprint density at radius 3 is 2.31 bits per heavy atom. The van der Waals surface area contributed by atoms with E-state index in [1.165, 1.54) is 30.1 Å². The molecule has 0 radical (unpaired) electrons. The number of hydrogen-bond acceptors (Lipinski definition) is 5. The zero-order valence-electron chi connectivity index (χ0n) is 18.6. The van der Waals surface area contributed by atoms with Crippen LogP contribution in [0.2, 0.25) is 0 Å². The number of likely N-dealkylation sites (tertiary alicyclic amines) is 1. The lowest BCUT2D eigenvalue weighted by atomic mass is 9.95. The molecule has 0 aliphatic carbocycles. The molecule has 7 nitrogen and oxygen atoms in total. The second-order valence-electron chi connectivity index (χ2n) is 7.90. The maximum Gasteiger partial charge on any atom is 0.295 e. The topological polar surface area (TPSA) is 83.3 Å². The van der Waals surface area contributed by atoms with E-state index in [4.69, 9.17) is 9.47 Å². The first kappa shape index (κ1) is 23.8. The molecule has 32 heavy (non-hydrogen) atoms. The van der Waals surface area contributed by atoms with Crippen molar-refractivity contribution in [2.24, 2.45) is 0 Å². The van der Waals surface area contributed by atoms with Gasteiger partial charge in [0, 0.05) is 23.0 Å². The largest absolute Gasteiger partial charge is 0.872 e. The first-order chi connectivity index (χ1) is 15.3. The lowest BCUT2D eigenvalue weighted by Crippen LogP contribution is -3.05. The van der Waals surface area contributed by atoms with Crippen LogP contribution in [0.25, 0.3) is 5.76 Å². The third kappa shape index (κ3) is 4.81. The minimum Gasteiger partial charge on any atom is -0.872 e. The molecule has 0 saturated carbocycles. The normalized spacial score (nSPS) is 17.8. The monoisotopic (exact) mass is 502 g/mol. The number of benzene rings is 2. The molecule has 1 unspecified atom stereocenters. The van der Waals surface area contributed by atoms with Gasteiger partial charge in [0.15, 0.2) is 11.5 Å². The van der Waals surface area contributed by atoms with E-state index in [-0.39, 0.29) is 11.1 Å². The van der Waals surface area contributed by atoms with Gasteiger partial charge >= 0.3 is 0 Å². The number of amides is 1. The summed E-state index contributed by atoms with van der Waals surface area (Å²) in [6.45, 7) is 1.23. The maximum atomic E-state index is 13.5. The van der Waals surface area contributed by atoms with Gasteiger partial charge in [0.05, 0.1) is 40.9 Å². The molecule has 170 valence electrons. The van der Waals surface area contributed by atoms with E-state index in [1.54, 1.807) is 12.1 Å². The van der Waals surface area contributed by atoms with Crippen molar-refractivity contribution in [1.29, 1.82) is 0 Å². The van der Waals surface area contributed by atoms with E-state index in [9.17, 15) is 14.7 Å². The molecule has 1 aliphatic rings. The van der Waals surface area contributed by atoms with Crippen molar-refractivity contribution in [2.75, 3.05) is 41.4 Å². The number of hydrogen-bond donors (Lipinski definition) is 1. The second kappa shape index (κ2) is 10.2. The average Bonchev–Trinajstić information content (AvgIpc) is 3.03. The number of nitrogens with zero attached hydrogens (tertiary/aromatic N) is 1. The number of carbonyl (C=O) groups excluding carboxylic acids is 2. The Kier molecular flexibility index (Phi) is 7.58. The van der Waals surface area contributed by atoms with E-state index < -0.39 is 23.5 Å². The fraction of sp³-hybridized carbons (Fsp3) is 0.333. The maximum absolute atomic E-state index is 13.5. The van der Waals surface area contributed by atoms with E-state index in [2.05, 4.69) is 15.9 Å². The van der Waals surface area contributed by atoms with Gasteiger partial charge < -0.3 is 24.4 Å². The Labute approximate surface area is 196 Å². The number of ether oxygens (including phenoxy) is 2. The summed E-state index contributed by atoms with van der Waals surface area (Å²) in [5.41, 5.74) is 0.940. The van der Waals surface area contributed by atoms with Crippen LogP contribution >= 0.6 is 15.9 Å². The van der Waals surface area contributed by atoms with Gasteiger partial charge in [0.25, 0.3) is 5.91 Å². The average molecular weight is 503 g/mol. The number of methoxy groups -OCH3 is 2. The van der Waals surface area contributed by atoms with Crippen LogP contribution in [0.3, 0.4) is 0 Å². The quantitative estimate of drug-likeness (QED) is 0.333. The smallest absolute Gasteiger partial charge is 0.295 e. The Bertz CT molecular complexity index is 1030. The molecule has 2 aromatic rings. The molecule has 1 amide bonds. The molecule has 3 rings (SSSR count). The van der Waals surface area contributed by atoms with Crippen molar-refractivity contribution in [3.8, 4) is 11.5 Å². The molecule has 2 aromatic carbocycles. The second-order valence-corrected chi connectivity index (χ2v) is 8.82. The Morgan fingerprint density at radius 2 is 1.72 bits per heavy atom. The highest BCUT2D eigenvalue weighted by Crippen LogP contribution is 2.40. The van der Waals surface area contributed by atoms with Crippen molar-refractivity contribution >= 4 is 33.4 Å². The van der Waals surface area contributed by atoms with Crippen molar-refractivity contribution < 1.29 is 29.1 Å². The molecular weight excluding hydrogens is 476 g/mol. The zero-order chi connectivity index (χ0) is 23.4. The highest BCUT2D eigenvalue weighted by Gasteiger charge is 2.43. The summed E-state index contributed by atoms with van der Waals surface area (Å²) in [6, 6.07) is 11.3. The molecule has 1 heterocycles. The minimum atomic E-state index is -0.755. The SMILES string of the molecule is COc1ccc(C([O-])=C2C(=O)C(=O)N(CCC[NH+](C)C)C2c2ccc(Br)cc2)cc1OC. The fourth-order valence-corrected chi connectivity index (χ4v) is 4.09. The standard InChI is InChI=1S/C24H27BrN2O5/c1-26(2)12-5-13-27-21(15-6-9-17(25)10-7-15)20(23(29)24(27)30)22(28)16-8-11-18(31-3)19(14-16)32-4/h6-11,14,21,28H,5,12-13H2,1-4H3. The van der Waals surface area contributed by atoms with Crippen molar-refractivity contribution in [3.05, 3.63) is 63.6 Å². The first-order valence-corrected chi connectivity index (χ1v) is 11.1. The molecule has 0 aromatic heterocycles. The number of nitrogens with one attached hydrogen (secondary N) is 1. The van der Waals surface area contributed by atoms with Gasteiger partial charge in [0.2, 0.25) is 5.78 Å². The molecule has 1 fully saturated rings. The summed E-state index contributed by atoms with van der Waals surface area (Å²) in [7, 11) is 7.04. The van der Waals surface area contributed by atoms with E-state index >= 15 is 0 Å². The van der Waals surface area contributed by atoms with Crippen molar-refractivity contribution in [3.63, 3.8) is 0 Å². The van der Waals surface area contributed by atoms with Crippen molar-refractivity contribution in [1.82, 2.24) is 4.90 Å². The number of quaternary nitrogens is 1. The fourth-order valence-electron chi connectivity index (χ4n) is 3.83. The third-order valence-corrected chi connectivity index (χ3v) is 5.97. The molecule has 8 heteroatoms. The van der Waals surface area contributed by atoms with Crippen LogP contribution in [-0.2, 0) is 9.59 Å². The molecule has 1 N–H and O–H groups in total. The molecular formula is C24H27BrN2O5. The number of rotatable bonds is 8. The third-order valence-electron chi connectivity index (χ3n) is 5.44. The van der Waals surface area contributed by atoms with Crippen LogP contribution in [0.1, 0.15) is 23.6 Å². The van der Waals surface area contributed by atoms with Crippen LogP contribution in [0.15, 0.2) is 52.5 Å².